The highest BCUT2D eigenvalue weighted by atomic mass is 16.5. The van der Waals surface area contributed by atoms with E-state index in [1.807, 2.05) is 19.1 Å². The molecule has 2 aromatic rings. The van der Waals surface area contributed by atoms with E-state index in [0.717, 1.165) is 18.1 Å². The van der Waals surface area contributed by atoms with Gasteiger partial charge < -0.3 is 15.2 Å². The van der Waals surface area contributed by atoms with Crippen molar-refractivity contribution in [1.29, 1.82) is 0 Å². The van der Waals surface area contributed by atoms with E-state index in [1.54, 1.807) is 30.3 Å². The number of anilines is 1. The number of aryl methyl sites for hydroxylation is 1. The summed E-state index contributed by atoms with van der Waals surface area (Å²) < 4.78 is 5.04. The highest BCUT2D eigenvalue weighted by Gasteiger charge is 2.12. The van der Waals surface area contributed by atoms with Crippen LogP contribution in [0.5, 0.6) is 5.75 Å². The lowest BCUT2D eigenvalue weighted by Gasteiger charge is -2.06. The number of aliphatic hydroxyl groups excluding tert-OH is 1. The highest BCUT2D eigenvalue weighted by Crippen LogP contribution is 2.14. The smallest absolute Gasteiger partial charge is 0.290 e. The van der Waals surface area contributed by atoms with Crippen molar-refractivity contribution in [1.82, 2.24) is 0 Å². The Morgan fingerprint density at radius 2 is 1.88 bits per heavy atom. The van der Waals surface area contributed by atoms with Gasteiger partial charge in [-0.3, -0.25) is 9.59 Å². The zero-order valence-corrected chi connectivity index (χ0v) is 13.6. The van der Waals surface area contributed by atoms with Gasteiger partial charge in [0.25, 0.3) is 5.91 Å². The molecule has 2 aromatic carbocycles. The van der Waals surface area contributed by atoms with Gasteiger partial charge in [0, 0.05) is 17.3 Å². The van der Waals surface area contributed by atoms with E-state index < -0.39 is 17.4 Å². The maximum Gasteiger partial charge on any atom is 0.290 e. The lowest BCUT2D eigenvalue weighted by molar-refractivity contribution is -0.115. The van der Waals surface area contributed by atoms with Crippen LogP contribution in [0.1, 0.15) is 22.8 Å². The summed E-state index contributed by atoms with van der Waals surface area (Å²) in [5.74, 6) is -1.35. The fraction of sp³-hybridized carbons (Fsp3) is 0.158. The van der Waals surface area contributed by atoms with E-state index in [1.165, 1.54) is 13.2 Å². The minimum absolute atomic E-state index is 0.320. The van der Waals surface area contributed by atoms with Crippen LogP contribution in [0.15, 0.2) is 60.4 Å². The number of amides is 1. The molecule has 0 aliphatic carbocycles. The van der Waals surface area contributed by atoms with Crippen molar-refractivity contribution in [3.63, 3.8) is 0 Å². The van der Waals surface area contributed by atoms with Crippen LogP contribution in [0.25, 0.3) is 0 Å². The number of nitrogens with one attached hydrogen (secondary N) is 1. The number of rotatable bonds is 6. The van der Waals surface area contributed by atoms with Crippen LogP contribution in [0.2, 0.25) is 0 Å². The van der Waals surface area contributed by atoms with E-state index in [2.05, 4.69) is 5.32 Å². The molecule has 124 valence electrons. The van der Waals surface area contributed by atoms with Gasteiger partial charge in [-0.05, 0) is 36.2 Å². The van der Waals surface area contributed by atoms with Gasteiger partial charge in [0.05, 0.1) is 7.11 Å². The average molecular weight is 325 g/mol. The second-order valence-electron chi connectivity index (χ2n) is 5.13. The second-order valence-corrected chi connectivity index (χ2v) is 5.13. The molecular formula is C19H19NO4. The molecule has 5 heteroatoms. The monoisotopic (exact) mass is 325 g/mol. The van der Waals surface area contributed by atoms with Gasteiger partial charge in [-0.2, -0.15) is 0 Å². The standard InChI is InChI=1S/C19H19NO4/c1-3-13-7-9-15(10-8-13)20-19(23)18(22)12-17(21)14-5-4-6-16(11-14)24-2/h4-12,22H,3H2,1-2H3,(H,20,23)/b18-12-. The molecule has 2 N–H and O–H groups in total. The topological polar surface area (TPSA) is 75.6 Å². The molecule has 0 aliphatic heterocycles. The zero-order chi connectivity index (χ0) is 17.5. The average Bonchev–Trinajstić information content (AvgIpc) is 2.62. The predicted molar refractivity (Wildman–Crippen MR) is 92.5 cm³/mol. The minimum Gasteiger partial charge on any atom is -0.503 e. The number of hydrogen-bond donors (Lipinski definition) is 2. The normalized spacial score (nSPS) is 11.0. The number of hydrogen-bond acceptors (Lipinski definition) is 4. The number of allylic oxidation sites excluding steroid dienone is 1. The van der Waals surface area contributed by atoms with Crippen molar-refractivity contribution in [2.75, 3.05) is 12.4 Å². The quantitative estimate of drug-likeness (QED) is 0.484. The molecule has 2 rings (SSSR count). The fourth-order valence-corrected chi connectivity index (χ4v) is 2.07. The first-order valence-corrected chi connectivity index (χ1v) is 7.52. The highest BCUT2D eigenvalue weighted by molar-refractivity contribution is 6.11. The van der Waals surface area contributed by atoms with E-state index in [0.29, 0.717) is 17.0 Å². The van der Waals surface area contributed by atoms with Gasteiger partial charge in [0.1, 0.15) is 5.75 Å². The number of ketones is 1. The van der Waals surface area contributed by atoms with Crippen molar-refractivity contribution in [2.45, 2.75) is 13.3 Å². The van der Waals surface area contributed by atoms with E-state index >= 15 is 0 Å². The van der Waals surface area contributed by atoms with Crippen molar-refractivity contribution < 1.29 is 19.4 Å². The second kappa shape index (κ2) is 7.97. The number of ether oxygens (including phenoxy) is 1. The van der Waals surface area contributed by atoms with E-state index in [-0.39, 0.29) is 0 Å². The molecule has 0 aromatic heterocycles. The van der Waals surface area contributed by atoms with Gasteiger partial charge in [0.2, 0.25) is 0 Å². The van der Waals surface area contributed by atoms with Crippen LogP contribution < -0.4 is 10.1 Å². The molecule has 0 saturated carbocycles. The first-order valence-electron chi connectivity index (χ1n) is 7.52. The molecule has 24 heavy (non-hydrogen) atoms. The van der Waals surface area contributed by atoms with Gasteiger partial charge in [-0.1, -0.05) is 31.2 Å². The summed E-state index contributed by atoms with van der Waals surface area (Å²) in [5, 5.41) is 12.4. The largest absolute Gasteiger partial charge is 0.503 e. The van der Waals surface area contributed by atoms with Gasteiger partial charge in [-0.25, -0.2) is 0 Å². The van der Waals surface area contributed by atoms with Crippen LogP contribution in [-0.2, 0) is 11.2 Å². The Bertz CT molecular complexity index is 763. The molecular weight excluding hydrogens is 306 g/mol. The first-order chi connectivity index (χ1) is 11.5. The number of methoxy groups -OCH3 is 1. The van der Waals surface area contributed by atoms with Crippen molar-refractivity contribution in [3.05, 3.63) is 71.5 Å². The van der Waals surface area contributed by atoms with E-state index in [9.17, 15) is 14.7 Å². The van der Waals surface area contributed by atoms with Crippen molar-refractivity contribution >= 4 is 17.4 Å². The van der Waals surface area contributed by atoms with Gasteiger partial charge in [-0.15, -0.1) is 0 Å². The Kier molecular flexibility index (Phi) is 5.73. The van der Waals surface area contributed by atoms with Crippen LogP contribution in [0.3, 0.4) is 0 Å². The molecule has 0 saturated heterocycles. The summed E-state index contributed by atoms with van der Waals surface area (Å²) in [6, 6.07) is 13.7. The molecule has 0 heterocycles. The van der Waals surface area contributed by atoms with Crippen LogP contribution in [0, 0.1) is 0 Å². The molecule has 1 amide bonds. The number of benzene rings is 2. The summed E-state index contributed by atoms with van der Waals surface area (Å²) in [5.41, 5.74) is 2.01. The Hall–Kier alpha value is -3.08. The summed E-state index contributed by atoms with van der Waals surface area (Å²) in [6.45, 7) is 2.03. The number of carbonyl (C=O) groups is 2. The molecule has 5 nitrogen and oxygen atoms in total. The fourth-order valence-electron chi connectivity index (χ4n) is 2.07. The molecule has 0 atom stereocenters. The molecule has 0 spiro atoms. The Morgan fingerprint density at radius 3 is 2.50 bits per heavy atom. The Balaban J connectivity index is 2.07. The maximum atomic E-state index is 12.1. The van der Waals surface area contributed by atoms with E-state index in [4.69, 9.17) is 4.74 Å². The molecule has 0 aliphatic rings. The third-order valence-corrected chi connectivity index (χ3v) is 3.47. The molecule has 0 unspecified atom stereocenters. The predicted octanol–water partition coefficient (Wildman–Crippen LogP) is 3.52. The summed E-state index contributed by atoms with van der Waals surface area (Å²) >= 11 is 0. The summed E-state index contributed by atoms with van der Waals surface area (Å²) in [4.78, 5) is 24.0. The lowest BCUT2D eigenvalue weighted by atomic mass is 10.1. The Labute approximate surface area is 140 Å². The van der Waals surface area contributed by atoms with Crippen molar-refractivity contribution in [2.24, 2.45) is 0 Å². The van der Waals surface area contributed by atoms with Crippen LogP contribution in [0.4, 0.5) is 5.69 Å². The summed E-state index contributed by atoms with van der Waals surface area (Å²) in [7, 11) is 1.49. The van der Waals surface area contributed by atoms with Crippen molar-refractivity contribution in [3.8, 4) is 5.75 Å². The third-order valence-electron chi connectivity index (χ3n) is 3.47. The molecule has 0 fully saturated rings. The van der Waals surface area contributed by atoms with Crippen LogP contribution >= 0.6 is 0 Å². The number of aliphatic hydroxyl groups is 1. The van der Waals surface area contributed by atoms with Gasteiger partial charge >= 0.3 is 0 Å². The first kappa shape index (κ1) is 17.3. The summed E-state index contributed by atoms with van der Waals surface area (Å²) in [6.07, 6.45) is 1.79. The maximum absolute atomic E-state index is 12.1. The van der Waals surface area contributed by atoms with Crippen LogP contribution in [-0.4, -0.2) is 23.9 Å². The molecule has 0 bridgehead atoms. The Morgan fingerprint density at radius 1 is 1.17 bits per heavy atom. The third kappa shape index (κ3) is 4.46. The zero-order valence-electron chi connectivity index (χ0n) is 13.6. The lowest BCUT2D eigenvalue weighted by Crippen LogP contribution is -2.15. The minimum atomic E-state index is -0.740. The number of carbonyl (C=O) groups excluding carboxylic acids is 2. The molecule has 0 radical (unpaired) electrons. The van der Waals surface area contributed by atoms with Gasteiger partial charge in [0.15, 0.2) is 11.5 Å². The SMILES string of the molecule is CCc1ccc(NC(=O)/C(O)=C/C(=O)c2cccc(OC)c2)cc1.